The predicted molar refractivity (Wildman–Crippen MR) is 85.2 cm³/mol. The van der Waals surface area contributed by atoms with Crippen molar-refractivity contribution in [1.82, 2.24) is 5.32 Å². The second kappa shape index (κ2) is 7.76. The minimum atomic E-state index is -0.108. The number of ether oxygens (including phenoxy) is 1. The Morgan fingerprint density at radius 2 is 2.05 bits per heavy atom. The molecule has 0 aromatic heterocycles. The summed E-state index contributed by atoms with van der Waals surface area (Å²) in [6.07, 6.45) is 2.15. The molecule has 1 saturated heterocycles. The topological polar surface area (TPSA) is 24.5 Å². The van der Waals surface area contributed by atoms with Crippen molar-refractivity contribution in [2.75, 3.05) is 31.7 Å². The second-order valence-corrected chi connectivity index (χ2v) is 6.21. The summed E-state index contributed by atoms with van der Waals surface area (Å²) in [5.74, 6) is 0.507. The molecule has 1 aromatic rings. The molecule has 118 valence electrons. The van der Waals surface area contributed by atoms with E-state index in [2.05, 4.69) is 24.1 Å². The Morgan fingerprint density at radius 1 is 1.33 bits per heavy atom. The number of benzene rings is 1. The van der Waals surface area contributed by atoms with E-state index < -0.39 is 0 Å². The van der Waals surface area contributed by atoms with Gasteiger partial charge >= 0.3 is 0 Å². The third-order valence-electron chi connectivity index (χ3n) is 4.08. The molecule has 1 aliphatic rings. The van der Waals surface area contributed by atoms with Gasteiger partial charge < -0.3 is 15.0 Å². The first-order valence-corrected chi connectivity index (χ1v) is 7.86. The maximum Gasteiger partial charge on any atom is 0.146 e. The zero-order valence-electron chi connectivity index (χ0n) is 13.4. The molecule has 0 unspecified atom stereocenters. The number of halogens is 1. The molecule has 0 aliphatic carbocycles. The highest BCUT2D eigenvalue weighted by molar-refractivity contribution is 5.49. The first-order valence-electron chi connectivity index (χ1n) is 7.86. The Labute approximate surface area is 127 Å². The van der Waals surface area contributed by atoms with Crippen LogP contribution in [0.25, 0.3) is 0 Å². The van der Waals surface area contributed by atoms with Crippen LogP contribution in [0.3, 0.4) is 0 Å². The highest BCUT2D eigenvalue weighted by atomic mass is 19.1. The van der Waals surface area contributed by atoms with Crippen molar-refractivity contribution < 1.29 is 9.13 Å². The molecular formula is C17H27FN2O. The summed E-state index contributed by atoms with van der Waals surface area (Å²) in [6, 6.07) is 6.01. The van der Waals surface area contributed by atoms with Crippen molar-refractivity contribution in [3.8, 4) is 0 Å². The van der Waals surface area contributed by atoms with Crippen LogP contribution < -0.4 is 10.2 Å². The average Bonchev–Trinajstić information content (AvgIpc) is 2.47. The number of nitrogens with zero attached hydrogens (tertiary/aromatic N) is 1. The molecule has 1 aliphatic heterocycles. The van der Waals surface area contributed by atoms with Crippen molar-refractivity contribution in [2.45, 2.75) is 39.3 Å². The van der Waals surface area contributed by atoms with Crippen LogP contribution >= 0.6 is 0 Å². The standard InChI is InChI=1S/C17H27FN2O/c1-13(2)19-11-15-4-5-17(16(18)10-15)20-8-6-14(7-9-20)12-21-3/h4-5,10,13-14,19H,6-9,11-12H2,1-3H3. The highest BCUT2D eigenvalue weighted by Crippen LogP contribution is 2.26. The Bertz CT molecular complexity index is 442. The summed E-state index contributed by atoms with van der Waals surface area (Å²) in [7, 11) is 1.75. The Hall–Kier alpha value is -1.13. The summed E-state index contributed by atoms with van der Waals surface area (Å²) in [4.78, 5) is 2.15. The minimum absolute atomic E-state index is 0.108. The summed E-state index contributed by atoms with van der Waals surface area (Å²) in [6.45, 7) is 7.54. The van der Waals surface area contributed by atoms with E-state index in [-0.39, 0.29) is 5.82 Å². The van der Waals surface area contributed by atoms with Crippen LogP contribution in [0.15, 0.2) is 18.2 Å². The van der Waals surface area contributed by atoms with Crippen LogP contribution in [0.5, 0.6) is 0 Å². The lowest BCUT2D eigenvalue weighted by Crippen LogP contribution is -2.35. The van der Waals surface area contributed by atoms with Crippen LogP contribution in [0.2, 0.25) is 0 Å². The van der Waals surface area contributed by atoms with E-state index >= 15 is 0 Å². The first-order chi connectivity index (χ1) is 10.1. The number of piperidine rings is 1. The van der Waals surface area contributed by atoms with Gasteiger partial charge in [-0.15, -0.1) is 0 Å². The zero-order chi connectivity index (χ0) is 15.2. The van der Waals surface area contributed by atoms with Gasteiger partial charge in [0.2, 0.25) is 0 Å². The monoisotopic (exact) mass is 294 g/mol. The summed E-state index contributed by atoms with van der Waals surface area (Å²) < 4.78 is 19.5. The fraction of sp³-hybridized carbons (Fsp3) is 0.647. The lowest BCUT2D eigenvalue weighted by Gasteiger charge is -2.33. The Morgan fingerprint density at radius 3 is 2.62 bits per heavy atom. The summed E-state index contributed by atoms with van der Waals surface area (Å²) >= 11 is 0. The molecule has 0 bridgehead atoms. The lowest BCUT2D eigenvalue weighted by molar-refractivity contribution is 0.139. The van der Waals surface area contributed by atoms with Crippen LogP contribution in [0.1, 0.15) is 32.3 Å². The molecule has 0 amide bonds. The van der Waals surface area contributed by atoms with E-state index in [0.717, 1.165) is 43.8 Å². The van der Waals surface area contributed by atoms with E-state index in [1.54, 1.807) is 13.2 Å². The molecule has 1 N–H and O–H groups in total. The number of hydrogen-bond acceptors (Lipinski definition) is 3. The van der Waals surface area contributed by atoms with Crippen LogP contribution in [-0.4, -0.2) is 32.8 Å². The fourth-order valence-corrected chi connectivity index (χ4v) is 2.82. The normalized spacial score (nSPS) is 16.7. The van der Waals surface area contributed by atoms with E-state index in [4.69, 9.17) is 4.74 Å². The van der Waals surface area contributed by atoms with Crippen molar-refractivity contribution in [3.05, 3.63) is 29.6 Å². The molecule has 0 atom stereocenters. The zero-order valence-corrected chi connectivity index (χ0v) is 13.4. The van der Waals surface area contributed by atoms with Gasteiger partial charge in [0.15, 0.2) is 0 Å². The molecule has 0 spiro atoms. The van der Waals surface area contributed by atoms with Gasteiger partial charge in [0.1, 0.15) is 5.82 Å². The van der Waals surface area contributed by atoms with Crippen LogP contribution in [0.4, 0.5) is 10.1 Å². The van der Waals surface area contributed by atoms with Gasteiger partial charge in [-0.3, -0.25) is 0 Å². The molecule has 1 fully saturated rings. The van der Waals surface area contributed by atoms with E-state index in [9.17, 15) is 4.39 Å². The van der Waals surface area contributed by atoms with Gasteiger partial charge in [-0.05, 0) is 36.5 Å². The van der Waals surface area contributed by atoms with E-state index in [1.165, 1.54) is 0 Å². The van der Waals surface area contributed by atoms with Crippen molar-refractivity contribution in [2.24, 2.45) is 5.92 Å². The molecule has 0 radical (unpaired) electrons. The smallest absolute Gasteiger partial charge is 0.146 e. The Kier molecular flexibility index (Phi) is 6.00. The number of rotatable bonds is 6. The van der Waals surface area contributed by atoms with E-state index in [0.29, 0.717) is 18.5 Å². The lowest BCUT2D eigenvalue weighted by atomic mass is 9.97. The van der Waals surface area contributed by atoms with Crippen molar-refractivity contribution in [1.29, 1.82) is 0 Å². The summed E-state index contributed by atoms with van der Waals surface area (Å²) in [5.41, 5.74) is 1.73. The number of anilines is 1. The number of hydrogen-bond donors (Lipinski definition) is 1. The average molecular weight is 294 g/mol. The maximum absolute atomic E-state index is 14.3. The van der Waals surface area contributed by atoms with Crippen LogP contribution in [-0.2, 0) is 11.3 Å². The summed E-state index contributed by atoms with van der Waals surface area (Å²) in [5, 5.41) is 3.31. The molecule has 0 saturated carbocycles. The van der Waals surface area contributed by atoms with Gasteiger partial charge in [-0.2, -0.15) is 0 Å². The third kappa shape index (κ3) is 4.68. The largest absolute Gasteiger partial charge is 0.384 e. The molecule has 1 heterocycles. The quantitative estimate of drug-likeness (QED) is 0.872. The molecule has 2 rings (SSSR count). The van der Waals surface area contributed by atoms with Crippen molar-refractivity contribution >= 4 is 5.69 Å². The van der Waals surface area contributed by atoms with Gasteiger partial charge in [-0.1, -0.05) is 19.9 Å². The maximum atomic E-state index is 14.3. The van der Waals surface area contributed by atoms with Gasteiger partial charge in [-0.25, -0.2) is 4.39 Å². The highest BCUT2D eigenvalue weighted by Gasteiger charge is 2.21. The van der Waals surface area contributed by atoms with Crippen molar-refractivity contribution in [3.63, 3.8) is 0 Å². The van der Waals surface area contributed by atoms with Crippen LogP contribution in [0, 0.1) is 11.7 Å². The second-order valence-electron chi connectivity index (χ2n) is 6.21. The molecular weight excluding hydrogens is 267 g/mol. The van der Waals surface area contributed by atoms with E-state index in [1.807, 2.05) is 12.1 Å². The molecule has 3 nitrogen and oxygen atoms in total. The molecule has 4 heteroatoms. The number of methoxy groups -OCH3 is 1. The van der Waals surface area contributed by atoms with Gasteiger partial charge in [0.25, 0.3) is 0 Å². The SMILES string of the molecule is COCC1CCN(c2ccc(CNC(C)C)cc2F)CC1. The van der Waals surface area contributed by atoms with Gasteiger partial charge in [0, 0.05) is 39.4 Å². The Balaban J connectivity index is 1.95. The molecule has 21 heavy (non-hydrogen) atoms. The predicted octanol–water partition coefficient (Wildman–Crippen LogP) is 3.19. The first kappa shape index (κ1) is 16.2. The number of nitrogens with one attached hydrogen (secondary N) is 1. The molecule has 1 aromatic carbocycles. The minimum Gasteiger partial charge on any atom is -0.384 e. The van der Waals surface area contributed by atoms with Gasteiger partial charge in [0.05, 0.1) is 5.69 Å². The fourth-order valence-electron chi connectivity index (χ4n) is 2.82. The third-order valence-corrected chi connectivity index (χ3v) is 4.08.